The van der Waals surface area contributed by atoms with E-state index >= 15 is 0 Å². The van der Waals surface area contributed by atoms with Crippen LogP contribution in [0.4, 0.5) is 11.6 Å². The first-order chi connectivity index (χ1) is 34.0. The average Bonchev–Trinajstić information content (AvgIpc) is 3.91. The molecular weight excluding hydrogens is 1030 g/mol. The molecule has 420 valence electrons. The van der Waals surface area contributed by atoms with Gasteiger partial charge in [0.2, 0.25) is 7.44 Å². The highest BCUT2D eigenvalue weighted by Crippen LogP contribution is 2.38. The van der Waals surface area contributed by atoms with E-state index in [1.54, 1.807) is 97.9 Å². The molecule has 0 bridgehead atoms. The fourth-order valence-electron chi connectivity index (χ4n) is 5.90. The lowest BCUT2D eigenvalue weighted by Crippen LogP contribution is -2.40. The predicted molar refractivity (Wildman–Crippen MR) is 280 cm³/mol. The van der Waals surface area contributed by atoms with Crippen LogP contribution in [0.3, 0.4) is 0 Å². The van der Waals surface area contributed by atoms with Crippen LogP contribution in [0.15, 0.2) is 25.3 Å². The van der Waals surface area contributed by atoms with Gasteiger partial charge in [0.25, 0.3) is 7.52 Å². The first-order valence-corrected chi connectivity index (χ1v) is 27.5. The van der Waals surface area contributed by atoms with E-state index in [1.807, 2.05) is 13.8 Å². The minimum absolute atomic E-state index is 0. The lowest BCUT2D eigenvalue weighted by Gasteiger charge is -2.27. The van der Waals surface area contributed by atoms with Gasteiger partial charge < -0.3 is 59.6 Å². The Labute approximate surface area is 438 Å². The van der Waals surface area contributed by atoms with Crippen molar-refractivity contribution >= 4 is 85.2 Å². The SMILES string of the molecule is CC(C)OC(=O)[C@@H](C)CN.CC(C)OC(=O)[C@H](C)NP(=O)(CO[C@H](C)Cn1cnc2c(N)ncnc21)NC[C@H](C)C(=O)OC(C)C.CC(C)OC(=O)[C@H](C)NP(=O)(O)CO[C@H](C)Cn1cnc2c(N)ncnc21.Cl. The van der Waals surface area contributed by atoms with Gasteiger partial charge in [-0.1, -0.05) is 13.8 Å². The van der Waals surface area contributed by atoms with E-state index in [0.29, 0.717) is 42.0 Å². The fourth-order valence-corrected chi connectivity index (χ4v) is 9.16. The molecule has 10 N–H and O–H groups in total. The molecule has 2 unspecified atom stereocenters. The molecular formula is C44H79ClN14O13P2. The number of nitrogen functional groups attached to an aromatic ring is 2. The molecule has 0 radical (unpaired) electrons. The summed E-state index contributed by atoms with van der Waals surface area (Å²) in [5, 5.41) is 8.08. The molecule has 0 aromatic carbocycles. The van der Waals surface area contributed by atoms with Crippen molar-refractivity contribution in [1.82, 2.24) is 54.3 Å². The number of fused-ring (bicyclic) bond motifs is 2. The zero-order chi connectivity index (χ0) is 55.4. The number of hydrogen-bond donors (Lipinski definition) is 7. The molecule has 30 heteroatoms. The summed E-state index contributed by atoms with van der Waals surface area (Å²) in [4.78, 5) is 81.7. The maximum absolute atomic E-state index is 13.8. The standard InChI is InChI=1S/C22H38N7O6P.C15H25N6O5P.C7H15NO2.ClH/c1-13(2)34-21(30)15(5)8-27-36(32,28-17(7)22(31)35-14(3)4)12-33-16(6)9-29-11-26-18-19(23)24-10-25-20(18)29;1-9(2)26-15(22)11(4)20-27(23,24)8-25-10(3)5-21-7-19-12-13(16)17-6-18-14(12)21;1-5(2)10-7(9)6(3)4-8;/h10-11,13-17H,8-9,12H2,1-7H3,(H2,23,24,25)(H2,27,28,32);6-7,9-11H,5,8H2,1-4H3,(H2,16,17,18)(H2,20,23,24);5-6H,4,8H2,1-3H3;1H/t15-,16+,17-,36?;10-,11+;6-;/m010./s1. The number of ether oxygens (including phenoxy) is 6. The van der Waals surface area contributed by atoms with E-state index in [2.05, 4.69) is 45.2 Å². The number of anilines is 2. The molecule has 4 aromatic heterocycles. The van der Waals surface area contributed by atoms with Crippen LogP contribution >= 0.6 is 27.4 Å². The van der Waals surface area contributed by atoms with Crippen LogP contribution in [-0.2, 0) is 69.8 Å². The highest BCUT2D eigenvalue weighted by molar-refractivity contribution is 7.59. The summed E-state index contributed by atoms with van der Waals surface area (Å²) in [7, 11) is -7.39. The molecule has 0 saturated carbocycles. The Hall–Kier alpha value is -4.95. The number of nitrogens with two attached hydrogens (primary N) is 3. The van der Waals surface area contributed by atoms with Crippen LogP contribution in [-0.4, -0.2) is 142 Å². The molecule has 0 aliphatic heterocycles. The van der Waals surface area contributed by atoms with Crippen molar-refractivity contribution in [3.63, 3.8) is 0 Å². The van der Waals surface area contributed by atoms with Crippen molar-refractivity contribution in [2.24, 2.45) is 17.6 Å². The number of carbonyl (C=O) groups excluding carboxylic acids is 4. The van der Waals surface area contributed by atoms with Crippen LogP contribution in [0.2, 0.25) is 0 Å². The summed E-state index contributed by atoms with van der Waals surface area (Å²) in [5.41, 5.74) is 18.9. The maximum atomic E-state index is 13.8. The third-order valence-corrected chi connectivity index (χ3v) is 12.9. The first-order valence-electron chi connectivity index (χ1n) is 23.8. The van der Waals surface area contributed by atoms with Crippen molar-refractivity contribution in [3.05, 3.63) is 25.3 Å². The first kappa shape index (κ1) is 67.1. The topological polar surface area (TPSA) is 379 Å². The van der Waals surface area contributed by atoms with Gasteiger partial charge in [-0.05, 0) is 83.1 Å². The van der Waals surface area contributed by atoms with Crippen molar-refractivity contribution in [2.75, 3.05) is 37.3 Å². The monoisotopic (exact) mass is 1110 g/mol. The van der Waals surface area contributed by atoms with Gasteiger partial charge in [-0.3, -0.25) is 33.4 Å². The highest BCUT2D eigenvalue weighted by atomic mass is 35.5. The zero-order valence-electron chi connectivity index (χ0n) is 44.8. The smallest absolute Gasteiger partial charge is 0.323 e. The maximum Gasteiger partial charge on any atom is 0.323 e. The Kier molecular flexibility index (Phi) is 28.8. The van der Waals surface area contributed by atoms with Gasteiger partial charge >= 0.3 is 23.9 Å². The van der Waals surface area contributed by atoms with Gasteiger partial charge in [-0.15, -0.1) is 12.4 Å². The molecule has 74 heavy (non-hydrogen) atoms. The number of esters is 4. The van der Waals surface area contributed by atoms with Gasteiger partial charge in [0.05, 0.1) is 74.2 Å². The molecule has 27 nitrogen and oxygen atoms in total. The zero-order valence-corrected chi connectivity index (χ0v) is 47.4. The number of aromatic nitrogens is 8. The summed E-state index contributed by atoms with van der Waals surface area (Å²) in [5.74, 6) is -1.97. The van der Waals surface area contributed by atoms with Crippen LogP contribution < -0.4 is 32.5 Å². The lowest BCUT2D eigenvalue weighted by molar-refractivity contribution is -0.152. The van der Waals surface area contributed by atoms with Gasteiger partial charge in [0.1, 0.15) is 48.5 Å². The van der Waals surface area contributed by atoms with E-state index in [4.69, 9.17) is 45.6 Å². The van der Waals surface area contributed by atoms with Crippen molar-refractivity contribution in [1.29, 1.82) is 0 Å². The molecule has 4 heterocycles. The normalized spacial score (nSPS) is 15.5. The fraction of sp³-hybridized carbons (Fsp3) is 0.682. The molecule has 4 aromatic rings. The Morgan fingerprint density at radius 1 is 0.581 bits per heavy atom. The molecule has 0 spiro atoms. The molecule has 0 saturated heterocycles. The number of carbonyl (C=O) groups is 4. The second kappa shape index (κ2) is 31.8. The molecule has 0 fully saturated rings. The largest absolute Gasteiger partial charge is 0.463 e. The quantitative estimate of drug-likeness (QED) is 0.0266. The summed E-state index contributed by atoms with van der Waals surface area (Å²) in [6, 6.07) is -1.81. The van der Waals surface area contributed by atoms with Gasteiger partial charge in [0, 0.05) is 13.1 Å². The minimum Gasteiger partial charge on any atom is -0.463 e. The van der Waals surface area contributed by atoms with Crippen LogP contribution in [0.1, 0.15) is 96.9 Å². The number of nitrogens with one attached hydrogen (secondary N) is 3. The van der Waals surface area contributed by atoms with E-state index in [1.165, 1.54) is 19.6 Å². The third-order valence-electron chi connectivity index (χ3n) is 9.56. The Morgan fingerprint density at radius 3 is 1.36 bits per heavy atom. The second-order valence-corrected chi connectivity index (χ2v) is 22.6. The molecule has 8 atom stereocenters. The third kappa shape index (κ3) is 23.7. The lowest BCUT2D eigenvalue weighted by atomic mass is 10.2. The van der Waals surface area contributed by atoms with Crippen molar-refractivity contribution in [2.45, 2.75) is 159 Å². The van der Waals surface area contributed by atoms with Crippen LogP contribution in [0.25, 0.3) is 22.3 Å². The van der Waals surface area contributed by atoms with Gasteiger partial charge in [-0.2, -0.15) is 0 Å². The number of hydrogen-bond acceptors (Lipinski definition) is 21. The number of imidazole rings is 2. The minimum atomic E-state index is -3.89. The summed E-state index contributed by atoms with van der Waals surface area (Å²) < 4.78 is 61.2. The van der Waals surface area contributed by atoms with E-state index in [9.17, 15) is 33.2 Å². The van der Waals surface area contributed by atoms with Gasteiger partial charge in [-0.25, -0.2) is 40.1 Å². The van der Waals surface area contributed by atoms with Crippen molar-refractivity contribution < 1.29 is 61.6 Å². The van der Waals surface area contributed by atoms with Crippen molar-refractivity contribution in [3.8, 4) is 0 Å². The summed E-state index contributed by atoms with van der Waals surface area (Å²) in [6.45, 7) is 25.1. The molecule has 4 rings (SSSR count). The highest BCUT2D eigenvalue weighted by Gasteiger charge is 2.31. The predicted octanol–water partition coefficient (Wildman–Crippen LogP) is 3.91. The molecule has 0 aliphatic carbocycles. The van der Waals surface area contributed by atoms with E-state index < -0.39 is 69.4 Å². The Balaban J connectivity index is 0.000000633. The van der Waals surface area contributed by atoms with Crippen LogP contribution in [0, 0.1) is 11.8 Å². The number of rotatable bonds is 26. The molecule has 0 aliphatic rings. The Bertz CT molecular complexity index is 2480. The number of nitrogens with zero attached hydrogens (tertiary/aromatic N) is 8. The summed E-state index contributed by atoms with van der Waals surface area (Å²) in [6.07, 6.45) is 3.36. The second-order valence-electron chi connectivity index (χ2n) is 18.4. The van der Waals surface area contributed by atoms with Crippen LogP contribution in [0.5, 0.6) is 0 Å². The van der Waals surface area contributed by atoms with E-state index in [-0.39, 0.29) is 73.2 Å². The van der Waals surface area contributed by atoms with Gasteiger partial charge in [0.15, 0.2) is 22.9 Å². The average molecular weight is 1110 g/mol. The van der Waals surface area contributed by atoms with E-state index in [0.717, 1.165) is 0 Å². The number of halogens is 1. The Morgan fingerprint density at radius 2 is 0.959 bits per heavy atom. The summed E-state index contributed by atoms with van der Waals surface area (Å²) >= 11 is 0. The molecule has 0 amide bonds.